The second-order valence-electron chi connectivity index (χ2n) is 3.86. The van der Waals surface area contributed by atoms with E-state index in [1.165, 1.54) is 17.2 Å². The molecule has 0 aliphatic carbocycles. The molecule has 1 aromatic heterocycles. The zero-order valence-electron chi connectivity index (χ0n) is 10.2. The number of halogens is 1. The molecule has 4 nitrogen and oxygen atoms in total. The van der Waals surface area contributed by atoms with E-state index in [9.17, 15) is 4.79 Å². The van der Waals surface area contributed by atoms with Crippen LogP contribution in [0.5, 0.6) is 0 Å². The third-order valence-corrected chi connectivity index (χ3v) is 3.31. The van der Waals surface area contributed by atoms with Crippen LogP contribution in [0.2, 0.25) is 0 Å². The summed E-state index contributed by atoms with van der Waals surface area (Å²) in [6.07, 6.45) is 1.41. The van der Waals surface area contributed by atoms with Gasteiger partial charge in [0.15, 0.2) is 0 Å². The molecule has 0 aliphatic rings. The predicted molar refractivity (Wildman–Crippen MR) is 75.8 cm³/mol. The highest BCUT2D eigenvalue weighted by Gasteiger charge is 2.15. The number of nitriles is 1. The normalized spacial score (nSPS) is 9.74. The number of rotatable bonds is 2. The first kappa shape index (κ1) is 13.2. The molecule has 0 radical (unpaired) electrons. The fraction of sp³-hybridized carbons (Fsp3) is 0.0714. The zero-order chi connectivity index (χ0) is 13.8. The van der Waals surface area contributed by atoms with Gasteiger partial charge in [-0.2, -0.15) is 5.26 Å². The summed E-state index contributed by atoms with van der Waals surface area (Å²) in [7, 11) is 1.70. The molecule has 0 saturated carbocycles. The lowest BCUT2D eigenvalue weighted by molar-refractivity contribution is 0.0992. The van der Waals surface area contributed by atoms with E-state index >= 15 is 0 Å². The Morgan fingerprint density at radius 3 is 2.63 bits per heavy atom. The van der Waals surface area contributed by atoms with Crippen LogP contribution in [0.1, 0.15) is 16.1 Å². The topological polar surface area (TPSA) is 57.0 Å². The van der Waals surface area contributed by atoms with Gasteiger partial charge in [0.25, 0.3) is 5.91 Å². The number of carbonyl (C=O) groups excluding carboxylic acids is 1. The van der Waals surface area contributed by atoms with Crippen LogP contribution in [-0.2, 0) is 0 Å². The standard InChI is InChI=1S/C14H10BrN3O/c1-18(13-5-3-2-4-12(13)15)14(19)10-6-7-11(8-16)17-9-10/h2-7,9H,1H3. The maximum Gasteiger partial charge on any atom is 0.259 e. The Hall–Kier alpha value is -2.19. The number of carbonyl (C=O) groups is 1. The van der Waals surface area contributed by atoms with Crippen molar-refractivity contribution in [3.63, 3.8) is 0 Å². The molecule has 0 aliphatic heterocycles. The minimum Gasteiger partial charge on any atom is -0.310 e. The lowest BCUT2D eigenvalue weighted by Gasteiger charge is -2.18. The molecule has 2 rings (SSSR count). The minimum absolute atomic E-state index is 0.177. The van der Waals surface area contributed by atoms with E-state index in [0.717, 1.165) is 10.2 Å². The van der Waals surface area contributed by atoms with E-state index in [1.54, 1.807) is 13.1 Å². The second kappa shape index (κ2) is 5.63. The molecule has 0 unspecified atom stereocenters. The van der Waals surface area contributed by atoms with E-state index in [0.29, 0.717) is 11.3 Å². The Labute approximate surface area is 119 Å². The quantitative estimate of drug-likeness (QED) is 0.856. The van der Waals surface area contributed by atoms with Crippen LogP contribution in [0.4, 0.5) is 5.69 Å². The maximum absolute atomic E-state index is 12.3. The molecule has 0 fully saturated rings. The van der Waals surface area contributed by atoms with Gasteiger partial charge in [-0.05, 0) is 40.2 Å². The van der Waals surface area contributed by atoms with Crippen LogP contribution in [-0.4, -0.2) is 17.9 Å². The highest BCUT2D eigenvalue weighted by Crippen LogP contribution is 2.25. The van der Waals surface area contributed by atoms with Crippen LogP contribution < -0.4 is 4.90 Å². The summed E-state index contributed by atoms with van der Waals surface area (Å²) in [4.78, 5) is 17.7. The van der Waals surface area contributed by atoms with Crippen molar-refractivity contribution in [1.29, 1.82) is 5.26 Å². The van der Waals surface area contributed by atoms with Crippen LogP contribution in [0, 0.1) is 11.3 Å². The molecule has 1 aromatic carbocycles. The fourth-order valence-electron chi connectivity index (χ4n) is 1.61. The Kier molecular flexibility index (Phi) is 3.93. The van der Waals surface area contributed by atoms with Crippen LogP contribution in [0.15, 0.2) is 47.1 Å². The molecule has 94 valence electrons. The average molecular weight is 316 g/mol. The highest BCUT2D eigenvalue weighted by molar-refractivity contribution is 9.10. The molecule has 0 N–H and O–H groups in total. The van der Waals surface area contributed by atoms with Gasteiger partial charge in [0.1, 0.15) is 11.8 Å². The number of nitrogens with zero attached hydrogens (tertiary/aromatic N) is 3. The fourth-order valence-corrected chi connectivity index (χ4v) is 2.16. The number of aromatic nitrogens is 1. The van der Waals surface area contributed by atoms with Gasteiger partial charge in [-0.3, -0.25) is 4.79 Å². The van der Waals surface area contributed by atoms with Crippen LogP contribution in [0.3, 0.4) is 0 Å². The van der Waals surface area contributed by atoms with E-state index in [4.69, 9.17) is 5.26 Å². The first-order valence-corrected chi connectivity index (χ1v) is 6.31. The molecule has 0 spiro atoms. The maximum atomic E-state index is 12.3. The molecule has 1 heterocycles. The average Bonchev–Trinajstić information content (AvgIpc) is 2.46. The van der Waals surface area contributed by atoms with Crippen molar-refractivity contribution < 1.29 is 4.79 Å². The van der Waals surface area contributed by atoms with Gasteiger partial charge in [-0.25, -0.2) is 4.98 Å². The van der Waals surface area contributed by atoms with E-state index in [1.807, 2.05) is 30.3 Å². The molecule has 5 heteroatoms. The number of amides is 1. The summed E-state index contributed by atoms with van der Waals surface area (Å²) in [5.74, 6) is -0.177. The van der Waals surface area contributed by atoms with Gasteiger partial charge in [0.2, 0.25) is 0 Å². The summed E-state index contributed by atoms with van der Waals surface area (Å²) in [6.45, 7) is 0. The van der Waals surface area contributed by atoms with Gasteiger partial charge in [0.05, 0.1) is 11.3 Å². The molecule has 2 aromatic rings. The van der Waals surface area contributed by atoms with Crippen molar-refractivity contribution in [2.75, 3.05) is 11.9 Å². The number of hydrogen-bond donors (Lipinski definition) is 0. The van der Waals surface area contributed by atoms with E-state index in [2.05, 4.69) is 20.9 Å². The van der Waals surface area contributed by atoms with E-state index < -0.39 is 0 Å². The Bertz CT molecular complexity index is 646. The van der Waals surface area contributed by atoms with Gasteiger partial charge in [-0.15, -0.1) is 0 Å². The Balaban J connectivity index is 2.29. The smallest absolute Gasteiger partial charge is 0.259 e. The molecular weight excluding hydrogens is 306 g/mol. The number of pyridine rings is 1. The van der Waals surface area contributed by atoms with Crippen molar-refractivity contribution in [3.8, 4) is 6.07 Å². The summed E-state index contributed by atoms with van der Waals surface area (Å²) in [5, 5.41) is 8.68. The number of para-hydroxylation sites is 1. The predicted octanol–water partition coefficient (Wildman–Crippen LogP) is 2.99. The van der Waals surface area contributed by atoms with Crippen molar-refractivity contribution in [2.45, 2.75) is 0 Å². The van der Waals surface area contributed by atoms with Gasteiger partial charge in [0, 0.05) is 17.7 Å². The third kappa shape index (κ3) is 2.80. The summed E-state index contributed by atoms with van der Waals surface area (Å²) in [5.41, 5.74) is 1.51. The van der Waals surface area contributed by atoms with Crippen molar-refractivity contribution in [1.82, 2.24) is 4.98 Å². The molecule has 0 bridgehead atoms. The first-order valence-electron chi connectivity index (χ1n) is 5.52. The SMILES string of the molecule is CN(C(=O)c1ccc(C#N)nc1)c1ccccc1Br. The van der Waals surface area contributed by atoms with Crippen LogP contribution in [0.25, 0.3) is 0 Å². The minimum atomic E-state index is -0.177. The summed E-state index contributed by atoms with van der Waals surface area (Å²) < 4.78 is 0.840. The van der Waals surface area contributed by atoms with Crippen LogP contribution >= 0.6 is 15.9 Å². The monoisotopic (exact) mass is 315 g/mol. The largest absolute Gasteiger partial charge is 0.310 e. The van der Waals surface area contributed by atoms with Gasteiger partial charge in [-0.1, -0.05) is 12.1 Å². The second-order valence-corrected chi connectivity index (χ2v) is 4.71. The lowest BCUT2D eigenvalue weighted by Crippen LogP contribution is -2.26. The Morgan fingerprint density at radius 1 is 1.32 bits per heavy atom. The van der Waals surface area contributed by atoms with Crippen molar-refractivity contribution >= 4 is 27.5 Å². The molecular formula is C14H10BrN3O. The summed E-state index contributed by atoms with van der Waals surface area (Å²) >= 11 is 3.41. The highest BCUT2D eigenvalue weighted by atomic mass is 79.9. The third-order valence-electron chi connectivity index (χ3n) is 2.64. The molecule has 0 saturated heterocycles. The number of hydrogen-bond acceptors (Lipinski definition) is 3. The molecule has 0 atom stereocenters. The molecule has 19 heavy (non-hydrogen) atoms. The van der Waals surface area contributed by atoms with E-state index in [-0.39, 0.29) is 5.91 Å². The zero-order valence-corrected chi connectivity index (χ0v) is 11.8. The molecule has 1 amide bonds. The number of benzene rings is 1. The summed E-state index contributed by atoms with van der Waals surface area (Å²) in [6, 6.07) is 12.5. The Morgan fingerprint density at radius 2 is 2.05 bits per heavy atom. The van der Waals surface area contributed by atoms with Crippen molar-refractivity contribution in [2.24, 2.45) is 0 Å². The van der Waals surface area contributed by atoms with Gasteiger partial charge < -0.3 is 4.90 Å². The lowest BCUT2D eigenvalue weighted by atomic mass is 10.2. The van der Waals surface area contributed by atoms with Crippen molar-refractivity contribution in [3.05, 3.63) is 58.3 Å². The first-order chi connectivity index (χ1) is 9.13. The van der Waals surface area contributed by atoms with Gasteiger partial charge >= 0.3 is 0 Å². The number of anilines is 1.